The zero-order valence-corrected chi connectivity index (χ0v) is 13.3. The van der Waals surface area contributed by atoms with E-state index in [-0.39, 0.29) is 13.0 Å². The number of hydrogen-bond donors (Lipinski definition) is 1. The van der Waals surface area contributed by atoms with Gasteiger partial charge in [-0.25, -0.2) is 0 Å². The van der Waals surface area contributed by atoms with Gasteiger partial charge >= 0.3 is 0 Å². The third-order valence-electron chi connectivity index (χ3n) is 4.47. The number of nitrogens with zero attached hydrogens (tertiary/aromatic N) is 1. The summed E-state index contributed by atoms with van der Waals surface area (Å²) in [5, 5.41) is 3.60. The molecule has 23 heavy (non-hydrogen) atoms. The predicted molar refractivity (Wildman–Crippen MR) is 88.3 cm³/mol. The Bertz CT molecular complexity index is 718. The van der Waals surface area contributed by atoms with Gasteiger partial charge in [-0.05, 0) is 37.2 Å². The van der Waals surface area contributed by atoms with Crippen molar-refractivity contribution < 1.29 is 14.2 Å². The van der Waals surface area contributed by atoms with E-state index in [0.29, 0.717) is 5.75 Å². The molecule has 0 aromatic heterocycles. The van der Waals surface area contributed by atoms with Crippen molar-refractivity contribution in [1.29, 1.82) is 0 Å². The van der Waals surface area contributed by atoms with Crippen LogP contribution in [0.3, 0.4) is 0 Å². The van der Waals surface area contributed by atoms with Crippen LogP contribution in [0.15, 0.2) is 36.4 Å². The van der Waals surface area contributed by atoms with Crippen LogP contribution in [0.25, 0.3) is 0 Å². The molecule has 0 amide bonds. The fourth-order valence-corrected chi connectivity index (χ4v) is 3.31. The Labute approximate surface area is 135 Å². The minimum Gasteiger partial charge on any atom is -0.492 e. The van der Waals surface area contributed by atoms with Gasteiger partial charge in [0, 0.05) is 17.8 Å². The molecule has 1 N–H and O–H groups in total. The number of nitrogens with one attached hydrogen (secondary N) is 1. The lowest BCUT2D eigenvalue weighted by Crippen LogP contribution is -2.37. The van der Waals surface area contributed by atoms with Crippen molar-refractivity contribution in [2.75, 3.05) is 32.8 Å². The minimum atomic E-state index is 0.0330. The first-order valence-corrected chi connectivity index (χ1v) is 7.79. The average Bonchev–Trinajstić information content (AvgIpc) is 3.04. The second-order valence-corrected chi connectivity index (χ2v) is 5.86. The Morgan fingerprint density at radius 2 is 2.04 bits per heavy atom. The molecule has 0 radical (unpaired) electrons. The summed E-state index contributed by atoms with van der Waals surface area (Å²) in [6.07, 6.45) is 0.997. The summed E-state index contributed by atoms with van der Waals surface area (Å²) in [7, 11) is 3.80. The summed E-state index contributed by atoms with van der Waals surface area (Å²) in [6.45, 7) is 1.22. The molecule has 5 nitrogen and oxygen atoms in total. The van der Waals surface area contributed by atoms with E-state index in [1.165, 1.54) is 5.56 Å². The van der Waals surface area contributed by atoms with Gasteiger partial charge in [0.1, 0.15) is 6.17 Å². The van der Waals surface area contributed by atoms with Crippen LogP contribution in [-0.2, 0) is 6.42 Å². The van der Waals surface area contributed by atoms with Crippen LogP contribution in [0.4, 0.5) is 5.69 Å². The lowest BCUT2D eigenvalue weighted by molar-refractivity contribution is 0.170. The Morgan fingerprint density at radius 3 is 2.83 bits per heavy atom. The molecule has 1 unspecified atom stereocenters. The first kappa shape index (κ1) is 14.2. The normalized spacial score (nSPS) is 19.3. The molecule has 0 saturated carbocycles. The highest BCUT2D eigenvalue weighted by Crippen LogP contribution is 2.49. The van der Waals surface area contributed by atoms with Crippen LogP contribution >= 0.6 is 0 Å². The van der Waals surface area contributed by atoms with E-state index in [0.717, 1.165) is 35.7 Å². The van der Waals surface area contributed by atoms with Crippen LogP contribution in [0, 0.1) is 0 Å². The summed E-state index contributed by atoms with van der Waals surface area (Å²) in [4.78, 5) is 2.29. The maximum atomic E-state index is 5.70. The van der Waals surface area contributed by atoms with Crippen LogP contribution in [0.2, 0.25) is 0 Å². The van der Waals surface area contributed by atoms with E-state index < -0.39 is 0 Å². The number of likely N-dealkylation sites (N-methyl/N-ethyl adjacent to an activating group) is 1. The number of rotatable bonds is 3. The second-order valence-electron chi connectivity index (χ2n) is 5.86. The Kier molecular flexibility index (Phi) is 3.50. The molecule has 4 rings (SSSR count). The molecule has 2 aromatic carbocycles. The van der Waals surface area contributed by atoms with E-state index in [1.807, 2.05) is 18.2 Å². The van der Waals surface area contributed by atoms with Gasteiger partial charge in [0.25, 0.3) is 0 Å². The fourth-order valence-electron chi connectivity index (χ4n) is 3.31. The maximum Gasteiger partial charge on any atom is 0.231 e. The first-order chi connectivity index (χ1) is 11.3. The van der Waals surface area contributed by atoms with Crippen molar-refractivity contribution >= 4 is 5.69 Å². The SMILES string of the molecule is COc1c2c(cc3c1C(Nc1ccccc1)N(C)CC3)OCO2. The lowest BCUT2D eigenvalue weighted by atomic mass is 9.94. The maximum absolute atomic E-state index is 5.70. The summed E-state index contributed by atoms with van der Waals surface area (Å²) in [5.41, 5.74) is 3.46. The topological polar surface area (TPSA) is 43.0 Å². The predicted octanol–water partition coefficient (Wildman–Crippen LogP) is 3.02. The molecule has 0 saturated heterocycles. The van der Waals surface area contributed by atoms with E-state index in [2.05, 4.69) is 35.5 Å². The number of ether oxygens (including phenoxy) is 3. The van der Waals surface area contributed by atoms with Crippen molar-refractivity contribution in [1.82, 2.24) is 4.90 Å². The average molecular weight is 312 g/mol. The molecule has 5 heteroatoms. The zero-order chi connectivity index (χ0) is 15.8. The molecular formula is C18H20N2O3. The highest BCUT2D eigenvalue weighted by atomic mass is 16.7. The molecule has 2 heterocycles. The molecule has 0 fully saturated rings. The fraction of sp³-hybridized carbons (Fsp3) is 0.333. The van der Waals surface area contributed by atoms with Gasteiger partial charge in [0.2, 0.25) is 12.5 Å². The van der Waals surface area contributed by atoms with Crippen molar-refractivity contribution in [2.45, 2.75) is 12.6 Å². The van der Waals surface area contributed by atoms with Crippen LogP contribution in [-0.4, -0.2) is 32.4 Å². The van der Waals surface area contributed by atoms with Gasteiger partial charge in [-0.1, -0.05) is 18.2 Å². The number of fused-ring (bicyclic) bond motifs is 2. The summed E-state index contributed by atoms with van der Waals surface area (Å²) < 4.78 is 16.9. The van der Waals surface area contributed by atoms with Gasteiger partial charge in [0.05, 0.1) is 7.11 Å². The smallest absolute Gasteiger partial charge is 0.231 e. The van der Waals surface area contributed by atoms with Gasteiger partial charge in [-0.15, -0.1) is 0 Å². The highest BCUT2D eigenvalue weighted by molar-refractivity contribution is 5.63. The molecule has 2 aliphatic heterocycles. The van der Waals surface area contributed by atoms with E-state index in [4.69, 9.17) is 14.2 Å². The Hall–Kier alpha value is -2.40. The summed E-state index contributed by atoms with van der Waals surface area (Å²) in [5.74, 6) is 2.26. The molecule has 0 spiro atoms. The zero-order valence-electron chi connectivity index (χ0n) is 13.3. The molecule has 0 aliphatic carbocycles. The molecule has 1 atom stereocenters. The van der Waals surface area contributed by atoms with E-state index in [1.54, 1.807) is 7.11 Å². The van der Waals surface area contributed by atoms with E-state index in [9.17, 15) is 0 Å². The van der Waals surface area contributed by atoms with Crippen LogP contribution in [0.1, 0.15) is 17.3 Å². The minimum absolute atomic E-state index is 0.0330. The standard InChI is InChI=1S/C18H20N2O3/c1-20-9-8-12-10-14-16(23-11-22-14)17(21-2)15(12)18(20)19-13-6-4-3-5-7-13/h3-7,10,18-19H,8-9,11H2,1-2H3. The molecule has 2 aliphatic rings. The van der Waals surface area contributed by atoms with Gasteiger partial charge in [-0.3, -0.25) is 4.90 Å². The van der Waals surface area contributed by atoms with Crippen LogP contribution in [0.5, 0.6) is 17.2 Å². The summed E-state index contributed by atoms with van der Waals surface area (Å²) >= 11 is 0. The largest absolute Gasteiger partial charge is 0.492 e. The van der Waals surface area contributed by atoms with Gasteiger partial charge in [0.15, 0.2) is 11.5 Å². The number of methoxy groups -OCH3 is 1. The number of hydrogen-bond acceptors (Lipinski definition) is 5. The Balaban J connectivity index is 1.80. The van der Waals surface area contributed by atoms with Gasteiger partial charge in [-0.2, -0.15) is 0 Å². The van der Waals surface area contributed by atoms with Crippen LogP contribution < -0.4 is 19.5 Å². The van der Waals surface area contributed by atoms with Crippen molar-refractivity contribution in [3.63, 3.8) is 0 Å². The summed E-state index contributed by atoms with van der Waals surface area (Å²) in [6, 6.07) is 12.3. The third-order valence-corrected chi connectivity index (χ3v) is 4.47. The van der Waals surface area contributed by atoms with Crippen molar-refractivity contribution in [3.05, 3.63) is 47.5 Å². The van der Waals surface area contributed by atoms with Gasteiger partial charge < -0.3 is 19.5 Å². The van der Waals surface area contributed by atoms with E-state index >= 15 is 0 Å². The number of para-hydroxylation sites is 1. The second kappa shape index (κ2) is 5.66. The number of benzene rings is 2. The molecule has 120 valence electrons. The van der Waals surface area contributed by atoms with Crippen molar-refractivity contribution in [2.24, 2.45) is 0 Å². The third kappa shape index (κ3) is 2.37. The first-order valence-electron chi connectivity index (χ1n) is 7.79. The lowest BCUT2D eigenvalue weighted by Gasteiger charge is -2.36. The van der Waals surface area contributed by atoms with Crippen molar-refractivity contribution in [3.8, 4) is 17.2 Å². The highest BCUT2D eigenvalue weighted by Gasteiger charge is 2.33. The molecular weight excluding hydrogens is 292 g/mol. The molecule has 0 bridgehead atoms. The monoisotopic (exact) mass is 312 g/mol. The Morgan fingerprint density at radius 1 is 1.22 bits per heavy atom. The quantitative estimate of drug-likeness (QED) is 0.943. The number of anilines is 1. The molecule has 2 aromatic rings.